The number of benzene rings is 2. The van der Waals surface area contributed by atoms with Gasteiger partial charge in [0.2, 0.25) is 5.91 Å². The van der Waals surface area contributed by atoms with Crippen molar-refractivity contribution in [1.29, 1.82) is 0 Å². The number of amides is 1. The average molecular weight is 447 g/mol. The summed E-state index contributed by atoms with van der Waals surface area (Å²) in [5, 5.41) is 0.591. The second kappa shape index (κ2) is 9.40. The number of rotatable bonds is 7. The summed E-state index contributed by atoms with van der Waals surface area (Å²) in [5.41, 5.74) is 1.59. The summed E-state index contributed by atoms with van der Waals surface area (Å²) in [6.45, 7) is 0.277. The van der Waals surface area contributed by atoms with Crippen molar-refractivity contribution in [3.05, 3.63) is 63.9 Å². The average Bonchev–Trinajstić information content (AvgIpc) is 2.98. The van der Waals surface area contributed by atoms with Crippen LogP contribution in [-0.4, -0.2) is 24.6 Å². The molecule has 0 N–H and O–H groups in total. The summed E-state index contributed by atoms with van der Waals surface area (Å²) in [4.78, 5) is 17.0. The lowest BCUT2D eigenvalue weighted by atomic mass is 10.2. The van der Waals surface area contributed by atoms with E-state index < -0.39 is 9.84 Å². The van der Waals surface area contributed by atoms with Crippen LogP contribution < -0.4 is 4.80 Å². The summed E-state index contributed by atoms with van der Waals surface area (Å²) in [6.07, 6.45) is 5.73. The lowest BCUT2D eigenvalue weighted by molar-refractivity contribution is -0.118. The van der Waals surface area contributed by atoms with Crippen molar-refractivity contribution in [2.24, 2.45) is 4.99 Å². The fourth-order valence-corrected chi connectivity index (χ4v) is 5.63. The first-order valence-electron chi connectivity index (χ1n) is 8.92. The molecule has 0 atom stereocenters. The van der Waals surface area contributed by atoms with Gasteiger partial charge in [0.25, 0.3) is 0 Å². The zero-order chi connectivity index (χ0) is 20.9. The normalized spacial score (nSPS) is 12.2. The molecule has 0 aliphatic carbocycles. The van der Waals surface area contributed by atoms with Gasteiger partial charge in [-0.1, -0.05) is 59.2 Å². The number of aromatic nitrogens is 1. The van der Waals surface area contributed by atoms with Gasteiger partial charge in [-0.15, -0.1) is 6.42 Å². The number of fused-ring (bicyclic) bond motifs is 1. The number of halogens is 1. The summed E-state index contributed by atoms with van der Waals surface area (Å²) < 4.78 is 27.2. The molecule has 1 heterocycles. The Hall–Kier alpha value is -2.40. The minimum absolute atomic E-state index is 0.0293. The van der Waals surface area contributed by atoms with E-state index in [0.717, 1.165) is 15.8 Å². The second-order valence-corrected chi connectivity index (χ2v) is 10.1. The highest BCUT2D eigenvalue weighted by molar-refractivity contribution is 7.90. The summed E-state index contributed by atoms with van der Waals surface area (Å²) in [6, 6.07) is 14.4. The third-order valence-corrected chi connectivity index (χ3v) is 7.15. The van der Waals surface area contributed by atoms with Gasteiger partial charge >= 0.3 is 0 Å². The topological polar surface area (TPSA) is 68.5 Å². The maximum Gasteiger partial charge on any atom is 0.248 e. The largest absolute Gasteiger partial charge is 0.305 e. The van der Waals surface area contributed by atoms with Gasteiger partial charge in [0.15, 0.2) is 14.6 Å². The van der Waals surface area contributed by atoms with Gasteiger partial charge in [0.05, 0.1) is 28.3 Å². The molecule has 8 heteroatoms. The van der Waals surface area contributed by atoms with Crippen LogP contribution in [-0.2, 0) is 26.9 Å². The first-order valence-corrected chi connectivity index (χ1v) is 11.9. The van der Waals surface area contributed by atoms with Crippen molar-refractivity contribution in [3.63, 3.8) is 0 Å². The number of carbonyl (C=O) groups is 1. The van der Waals surface area contributed by atoms with Gasteiger partial charge in [-0.25, -0.2) is 8.42 Å². The van der Waals surface area contributed by atoms with Crippen LogP contribution in [0.1, 0.15) is 18.4 Å². The minimum atomic E-state index is -3.28. The van der Waals surface area contributed by atoms with E-state index in [1.54, 1.807) is 41.0 Å². The van der Waals surface area contributed by atoms with Crippen LogP contribution in [0.2, 0.25) is 5.02 Å². The van der Waals surface area contributed by atoms with Crippen molar-refractivity contribution in [2.75, 3.05) is 5.75 Å². The third-order valence-electron chi connectivity index (χ3n) is 4.19. The highest BCUT2D eigenvalue weighted by atomic mass is 35.5. The highest BCUT2D eigenvalue weighted by Crippen LogP contribution is 2.21. The van der Waals surface area contributed by atoms with Crippen LogP contribution in [0.25, 0.3) is 10.2 Å². The molecule has 0 saturated heterocycles. The van der Waals surface area contributed by atoms with Gasteiger partial charge in [-0.2, -0.15) is 4.99 Å². The van der Waals surface area contributed by atoms with Crippen molar-refractivity contribution in [1.82, 2.24) is 4.57 Å². The maximum atomic E-state index is 12.3. The van der Waals surface area contributed by atoms with Crippen LogP contribution >= 0.6 is 22.9 Å². The molecule has 0 spiro atoms. The number of terminal acetylenes is 1. The molecule has 0 aliphatic rings. The SMILES string of the molecule is C#CCn1c(=NC(=O)CCCS(=O)(=O)Cc2ccccc2)sc2cc(Cl)ccc21. The number of sulfone groups is 1. The molecule has 0 saturated carbocycles. The molecule has 3 rings (SSSR count). The van der Waals surface area contributed by atoms with E-state index >= 15 is 0 Å². The standard InChI is InChI=1S/C21H19ClN2O3S2/c1-2-12-24-18-11-10-17(22)14-19(18)28-21(24)23-20(25)9-6-13-29(26,27)15-16-7-4-3-5-8-16/h1,3-5,7-8,10-11,14H,6,9,12-13,15H2. The first-order chi connectivity index (χ1) is 13.9. The monoisotopic (exact) mass is 446 g/mol. The van der Waals surface area contributed by atoms with Crippen molar-refractivity contribution < 1.29 is 13.2 Å². The summed E-state index contributed by atoms with van der Waals surface area (Å²) >= 11 is 7.36. The fraction of sp³-hybridized carbons (Fsp3) is 0.238. The van der Waals surface area contributed by atoms with E-state index in [-0.39, 0.29) is 36.8 Å². The molecular formula is C21H19ClN2O3S2. The molecule has 150 valence electrons. The van der Waals surface area contributed by atoms with E-state index in [1.807, 2.05) is 12.1 Å². The van der Waals surface area contributed by atoms with Crippen LogP contribution in [0.3, 0.4) is 0 Å². The van der Waals surface area contributed by atoms with E-state index in [4.69, 9.17) is 18.0 Å². The molecule has 0 unspecified atom stereocenters. The Morgan fingerprint density at radius 2 is 1.97 bits per heavy atom. The number of thiazole rings is 1. The number of hydrogen-bond donors (Lipinski definition) is 0. The molecule has 0 radical (unpaired) electrons. The molecule has 29 heavy (non-hydrogen) atoms. The van der Waals surface area contributed by atoms with E-state index in [0.29, 0.717) is 9.82 Å². The quantitative estimate of drug-likeness (QED) is 0.518. The van der Waals surface area contributed by atoms with Gasteiger partial charge in [-0.3, -0.25) is 4.79 Å². The van der Waals surface area contributed by atoms with Crippen LogP contribution in [0.4, 0.5) is 0 Å². The maximum absolute atomic E-state index is 12.3. The molecule has 0 bridgehead atoms. The summed E-state index contributed by atoms with van der Waals surface area (Å²) in [7, 11) is -3.28. The Kier molecular flexibility index (Phi) is 6.91. The fourth-order valence-electron chi connectivity index (χ4n) is 2.88. The zero-order valence-electron chi connectivity index (χ0n) is 15.5. The van der Waals surface area contributed by atoms with Crippen LogP contribution in [0.15, 0.2) is 53.5 Å². The van der Waals surface area contributed by atoms with Crippen molar-refractivity contribution >= 4 is 48.9 Å². The predicted octanol–water partition coefficient (Wildman–Crippen LogP) is 3.81. The highest BCUT2D eigenvalue weighted by Gasteiger charge is 2.13. The Morgan fingerprint density at radius 3 is 2.69 bits per heavy atom. The van der Waals surface area contributed by atoms with Gasteiger partial charge < -0.3 is 4.57 Å². The lowest BCUT2D eigenvalue weighted by Crippen LogP contribution is -2.17. The van der Waals surface area contributed by atoms with E-state index in [9.17, 15) is 13.2 Å². The predicted molar refractivity (Wildman–Crippen MR) is 117 cm³/mol. The second-order valence-electron chi connectivity index (χ2n) is 6.47. The molecule has 1 aromatic heterocycles. The van der Waals surface area contributed by atoms with Gasteiger partial charge in [0.1, 0.15) is 0 Å². The van der Waals surface area contributed by atoms with Crippen LogP contribution in [0.5, 0.6) is 0 Å². The smallest absolute Gasteiger partial charge is 0.248 e. The first kappa shape index (κ1) is 21.3. The van der Waals surface area contributed by atoms with E-state index in [1.165, 1.54) is 11.3 Å². The number of carbonyl (C=O) groups excluding carboxylic acids is 1. The van der Waals surface area contributed by atoms with Gasteiger partial charge in [0, 0.05) is 11.4 Å². The summed E-state index contributed by atoms with van der Waals surface area (Å²) in [5.74, 6) is 2.10. The Labute approximate surface area is 178 Å². The van der Waals surface area contributed by atoms with E-state index in [2.05, 4.69) is 10.9 Å². The van der Waals surface area contributed by atoms with Crippen LogP contribution in [0, 0.1) is 12.3 Å². The lowest BCUT2D eigenvalue weighted by Gasteiger charge is -2.03. The molecular weight excluding hydrogens is 428 g/mol. The van der Waals surface area contributed by atoms with Gasteiger partial charge in [-0.05, 0) is 30.2 Å². The third kappa shape index (κ3) is 5.80. The minimum Gasteiger partial charge on any atom is -0.305 e. The molecule has 0 fully saturated rings. The Bertz CT molecular complexity index is 1240. The molecule has 1 amide bonds. The van der Waals surface area contributed by atoms with Crippen molar-refractivity contribution in [2.45, 2.75) is 25.1 Å². The molecule has 0 aliphatic heterocycles. The molecule has 2 aromatic carbocycles. The molecule has 5 nitrogen and oxygen atoms in total. The van der Waals surface area contributed by atoms with Crippen molar-refractivity contribution in [3.8, 4) is 12.3 Å². The zero-order valence-corrected chi connectivity index (χ0v) is 17.9. The molecule has 3 aromatic rings. The Morgan fingerprint density at radius 1 is 1.21 bits per heavy atom. The number of hydrogen-bond acceptors (Lipinski definition) is 4. The number of nitrogens with zero attached hydrogens (tertiary/aromatic N) is 2. The Balaban J connectivity index is 1.69.